The normalized spacial score (nSPS) is 11.9. The lowest BCUT2D eigenvalue weighted by Crippen LogP contribution is -1.99. The highest BCUT2D eigenvalue weighted by molar-refractivity contribution is 7.27. The fraction of sp³-hybridized carbons (Fsp3) is 0. The van der Waals surface area contributed by atoms with Crippen LogP contribution in [0.1, 0.15) is 0 Å². The lowest BCUT2D eigenvalue weighted by atomic mass is 9.93. The van der Waals surface area contributed by atoms with Crippen LogP contribution < -0.4 is 0 Å². The standard InChI is InChI=1S/C51H29N3S3/c1-3-12-30(13-4-1)49-52-50(31-14-5-2-6-15-31)54-51(53-49)33-22-24-36-39-26-32(23-25-44(39)56-46(36)29-33)34-27-40-35-16-7-9-19-42(35)57-48(40)41(28-34)37-18-11-21-45-47(37)38-17-8-10-20-43(38)55-45/h1-29H. The molecule has 0 bridgehead atoms. The molecular formula is C51H29N3S3. The van der Waals surface area contributed by atoms with Gasteiger partial charge < -0.3 is 0 Å². The van der Waals surface area contributed by atoms with Gasteiger partial charge in [-0.3, -0.25) is 0 Å². The van der Waals surface area contributed by atoms with Crippen molar-refractivity contribution in [1.82, 2.24) is 15.0 Å². The summed E-state index contributed by atoms with van der Waals surface area (Å²) in [7, 11) is 0. The topological polar surface area (TPSA) is 38.7 Å². The van der Waals surface area contributed by atoms with Crippen LogP contribution in [0.2, 0.25) is 0 Å². The highest BCUT2D eigenvalue weighted by Crippen LogP contribution is 2.47. The summed E-state index contributed by atoms with van der Waals surface area (Å²) in [5, 5.41) is 7.77. The zero-order valence-electron chi connectivity index (χ0n) is 30.3. The number of benzene rings is 8. The number of hydrogen-bond donors (Lipinski definition) is 0. The zero-order valence-corrected chi connectivity index (χ0v) is 32.8. The zero-order chi connectivity index (χ0) is 37.5. The van der Waals surface area contributed by atoms with Crippen molar-refractivity contribution in [3.63, 3.8) is 0 Å². The lowest BCUT2D eigenvalue weighted by molar-refractivity contribution is 1.07. The van der Waals surface area contributed by atoms with Gasteiger partial charge in [0.05, 0.1) is 0 Å². The van der Waals surface area contributed by atoms with E-state index in [0.29, 0.717) is 17.5 Å². The number of hydrogen-bond acceptors (Lipinski definition) is 6. The molecule has 12 aromatic rings. The summed E-state index contributed by atoms with van der Waals surface area (Å²) in [4.78, 5) is 14.9. The van der Waals surface area contributed by atoms with Crippen LogP contribution in [0.15, 0.2) is 176 Å². The predicted octanol–water partition coefficient (Wildman–Crippen LogP) is 15.3. The molecule has 3 nitrogen and oxygen atoms in total. The van der Waals surface area contributed by atoms with Gasteiger partial charge in [0.2, 0.25) is 0 Å². The minimum Gasteiger partial charge on any atom is -0.208 e. The molecule has 57 heavy (non-hydrogen) atoms. The minimum atomic E-state index is 0.665. The Balaban J connectivity index is 1.02. The maximum atomic E-state index is 5.01. The Labute approximate surface area is 339 Å². The summed E-state index contributed by atoms with van der Waals surface area (Å²) in [6, 6.07) is 63.2. The van der Waals surface area contributed by atoms with E-state index in [0.717, 1.165) is 16.7 Å². The van der Waals surface area contributed by atoms with E-state index >= 15 is 0 Å². The lowest BCUT2D eigenvalue weighted by Gasteiger charge is -2.11. The molecule has 0 fully saturated rings. The quantitative estimate of drug-likeness (QED) is 0.175. The molecule has 0 unspecified atom stereocenters. The number of rotatable bonds is 5. The van der Waals surface area contributed by atoms with Crippen molar-refractivity contribution in [1.29, 1.82) is 0 Å². The van der Waals surface area contributed by atoms with Gasteiger partial charge in [-0.1, -0.05) is 127 Å². The van der Waals surface area contributed by atoms with Gasteiger partial charge in [0, 0.05) is 82.8 Å². The van der Waals surface area contributed by atoms with Crippen molar-refractivity contribution < 1.29 is 0 Å². The van der Waals surface area contributed by atoms with Crippen LogP contribution in [0.25, 0.3) is 117 Å². The van der Waals surface area contributed by atoms with Gasteiger partial charge in [0.15, 0.2) is 17.5 Å². The van der Waals surface area contributed by atoms with Gasteiger partial charge in [-0.05, 0) is 65.2 Å². The van der Waals surface area contributed by atoms with E-state index in [1.54, 1.807) is 0 Å². The summed E-state index contributed by atoms with van der Waals surface area (Å²) in [5.74, 6) is 2.00. The SMILES string of the molecule is c1ccc(-c2nc(-c3ccccc3)nc(-c3ccc4c(c3)sc3ccc(-c5cc(-c6cccc7sc8ccccc8c67)c6sc7ccccc7c6c5)cc34)n2)cc1. The number of nitrogens with zero attached hydrogens (tertiary/aromatic N) is 3. The van der Waals surface area contributed by atoms with Crippen molar-refractivity contribution >= 4 is 94.5 Å². The second-order valence-electron chi connectivity index (χ2n) is 14.3. The predicted molar refractivity (Wildman–Crippen MR) is 246 cm³/mol. The van der Waals surface area contributed by atoms with E-state index < -0.39 is 0 Å². The van der Waals surface area contributed by atoms with E-state index in [1.165, 1.54) is 82.8 Å². The first kappa shape index (κ1) is 32.7. The minimum absolute atomic E-state index is 0.665. The first-order valence-corrected chi connectivity index (χ1v) is 21.4. The maximum Gasteiger partial charge on any atom is 0.164 e. The van der Waals surface area contributed by atoms with Crippen LogP contribution in [-0.2, 0) is 0 Å². The van der Waals surface area contributed by atoms with E-state index in [2.05, 4.69) is 115 Å². The van der Waals surface area contributed by atoms with Gasteiger partial charge >= 0.3 is 0 Å². The molecule has 0 aliphatic heterocycles. The molecule has 0 amide bonds. The third-order valence-corrected chi connectivity index (χ3v) is 14.4. The van der Waals surface area contributed by atoms with E-state index in [4.69, 9.17) is 15.0 Å². The maximum absolute atomic E-state index is 5.01. The molecule has 8 aromatic carbocycles. The van der Waals surface area contributed by atoms with Gasteiger partial charge in [0.1, 0.15) is 0 Å². The van der Waals surface area contributed by atoms with Crippen LogP contribution >= 0.6 is 34.0 Å². The molecular weight excluding hydrogens is 751 g/mol. The largest absolute Gasteiger partial charge is 0.208 e. The molecule has 0 aliphatic carbocycles. The highest BCUT2D eigenvalue weighted by atomic mass is 32.1. The Hall–Kier alpha value is -6.57. The van der Waals surface area contributed by atoms with Crippen LogP contribution in [0.5, 0.6) is 0 Å². The van der Waals surface area contributed by atoms with Crippen LogP contribution in [-0.4, -0.2) is 15.0 Å². The molecule has 0 saturated carbocycles. The monoisotopic (exact) mass is 779 g/mol. The molecule has 12 rings (SSSR count). The molecule has 266 valence electrons. The summed E-state index contributed by atoms with van der Waals surface area (Å²) in [5.41, 5.74) is 7.92. The van der Waals surface area contributed by atoms with E-state index in [-0.39, 0.29) is 0 Å². The average Bonchev–Trinajstić information content (AvgIpc) is 3.97. The van der Waals surface area contributed by atoms with Gasteiger partial charge in [-0.25, -0.2) is 15.0 Å². The van der Waals surface area contributed by atoms with E-state index in [1.807, 2.05) is 94.7 Å². The third kappa shape index (κ3) is 5.41. The smallest absolute Gasteiger partial charge is 0.164 e. The number of aromatic nitrogens is 3. The number of fused-ring (bicyclic) bond motifs is 9. The average molecular weight is 780 g/mol. The second kappa shape index (κ2) is 13.0. The fourth-order valence-electron chi connectivity index (χ4n) is 8.23. The van der Waals surface area contributed by atoms with Crippen LogP contribution in [0.4, 0.5) is 0 Å². The summed E-state index contributed by atoms with van der Waals surface area (Å²) in [6.45, 7) is 0. The fourth-order valence-corrected chi connectivity index (χ4v) is 11.7. The van der Waals surface area contributed by atoms with Crippen molar-refractivity contribution in [2.24, 2.45) is 0 Å². The van der Waals surface area contributed by atoms with Gasteiger partial charge in [0.25, 0.3) is 0 Å². The van der Waals surface area contributed by atoms with Crippen molar-refractivity contribution in [2.75, 3.05) is 0 Å². The molecule has 0 aliphatic rings. The second-order valence-corrected chi connectivity index (χ2v) is 17.6. The van der Waals surface area contributed by atoms with Crippen molar-refractivity contribution in [3.05, 3.63) is 176 Å². The Morgan fingerprint density at radius 3 is 1.60 bits per heavy atom. The highest BCUT2D eigenvalue weighted by Gasteiger charge is 2.19. The van der Waals surface area contributed by atoms with Crippen molar-refractivity contribution in [2.45, 2.75) is 0 Å². The summed E-state index contributed by atoms with van der Waals surface area (Å²) < 4.78 is 7.76. The van der Waals surface area contributed by atoms with Crippen LogP contribution in [0, 0.1) is 0 Å². The third-order valence-electron chi connectivity index (χ3n) is 10.9. The first-order chi connectivity index (χ1) is 28.2. The summed E-state index contributed by atoms with van der Waals surface area (Å²) >= 11 is 5.59. The molecule has 0 N–H and O–H groups in total. The Morgan fingerprint density at radius 1 is 0.281 bits per heavy atom. The first-order valence-electron chi connectivity index (χ1n) is 18.9. The van der Waals surface area contributed by atoms with Crippen LogP contribution in [0.3, 0.4) is 0 Å². The van der Waals surface area contributed by atoms with Gasteiger partial charge in [-0.15, -0.1) is 34.0 Å². The van der Waals surface area contributed by atoms with Crippen molar-refractivity contribution in [3.8, 4) is 56.4 Å². The molecule has 4 aromatic heterocycles. The molecule has 0 atom stereocenters. The Kier molecular flexibility index (Phi) is 7.45. The molecule has 4 heterocycles. The molecule has 0 radical (unpaired) electrons. The molecule has 6 heteroatoms. The molecule has 0 saturated heterocycles. The Bertz CT molecular complexity index is 3470. The Morgan fingerprint density at radius 2 is 0.842 bits per heavy atom. The number of thiophene rings is 3. The summed E-state index contributed by atoms with van der Waals surface area (Å²) in [6.07, 6.45) is 0. The van der Waals surface area contributed by atoms with E-state index in [9.17, 15) is 0 Å². The van der Waals surface area contributed by atoms with Gasteiger partial charge in [-0.2, -0.15) is 0 Å². The molecule has 0 spiro atoms.